The van der Waals surface area contributed by atoms with Gasteiger partial charge < -0.3 is 10.1 Å². The van der Waals surface area contributed by atoms with Gasteiger partial charge in [-0.2, -0.15) is 5.26 Å². The van der Waals surface area contributed by atoms with Crippen LogP contribution in [0.3, 0.4) is 0 Å². The van der Waals surface area contributed by atoms with Crippen molar-refractivity contribution in [2.75, 3.05) is 13.2 Å². The van der Waals surface area contributed by atoms with Crippen molar-refractivity contribution in [3.8, 4) is 6.07 Å². The van der Waals surface area contributed by atoms with Crippen LogP contribution in [0.1, 0.15) is 6.92 Å². The third kappa shape index (κ3) is 4.62. The molecule has 0 bridgehead atoms. The molecule has 0 unspecified atom stereocenters. The second-order valence-corrected chi connectivity index (χ2v) is 1.29. The fourth-order valence-corrected chi connectivity index (χ4v) is 0.348. The normalized spacial score (nSPS) is 14.0. The monoisotopic (exact) mass is 128 g/mol. The number of amides is 1. The van der Waals surface area contributed by atoms with Gasteiger partial charge in [-0.1, -0.05) is 0 Å². The first kappa shape index (κ1) is 7.76. The van der Waals surface area contributed by atoms with Gasteiger partial charge in [-0.25, -0.2) is 4.79 Å². The molecule has 1 fully saturated rings. The summed E-state index contributed by atoms with van der Waals surface area (Å²) >= 11 is 0. The summed E-state index contributed by atoms with van der Waals surface area (Å²) in [6, 6.07) is 1.75. The zero-order valence-electron chi connectivity index (χ0n) is 5.18. The van der Waals surface area contributed by atoms with Crippen LogP contribution in [0.4, 0.5) is 4.79 Å². The van der Waals surface area contributed by atoms with Crippen molar-refractivity contribution in [3.05, 3.63) is 0 Å². The smallest absolute Gasteiger partial charge is 0.407 e. The number of alkyl carbamates (subject to hydrolysis) is 1. The number of hydrogen-bond donors (Lipinski definition) is 1. The summed E-state index contributed by atoms with van der Waals surface area (Å²) in [5.74, 6) is 0. The van der Waals surface area contributed by atoms with Gasteiger partial charge in [-0.05, 0) is 0 Å². The highest BCUT2D eigenvalue weighted by Gasteiger charge is 2.06. The average molecular weight is 128 g/mol. The Bertz CT molecular complexity index is 119. The molecular weight excluding hydrogens is 120 g/mol. The van der Waals surface area contributed by atoms with Gasteiger partial charge >= 0.3 is 6.09 Å². The third-order valence-corrected chi connectivity index (χ3v) is 0.605. The lowest BCUT2D eigenvalue weighted by atomic mass is 10.7. The second kappa shape index (κ2) is 4.91. The maximum Gasteiger partial charge on any atom is 0.407 e. The van der Waals surface area contributed by atoms with Crippen LogP contribution in [-0.4, -0.2) is 19.2 Å². The number of hydrogen-bond acceptors (Lipinski definition) is 3. The highest BCUT2D eigenvalue weighted by Crippen LogP contribution is 1.82. The standard InChI is InChI=1S/C3H5NO2.C2H3N/c5-3-4-1-2-6-3;1-2-3/h1-2H2,(H,4,5);1H3. The van der Waals surface area contributed by atoms with Crippen LogP contribution in [0.15, 0.2) is 0 Å². The highest BCUT2D eigenvalue weighted by molar-refractivity contribution is 5.68. The predicted octanol–water partition coefficient (Wildman–Crippen LogP) is 0.256. The van der Waals surface area contributed by atoms with E-state index in [1.54, 1.807) is 6.07 Å². The maximum atomic E-state index is 9.91. The number of rotatable bonds is 0. The van der Waals surface area contributed by atoms with E-state index in [-0.39, 0.29) is 6.09 Å². The molecule has 1 N–H and O–H groups in total. The Balaban J connectivity index is 0.000000187. The summed E-state index contributed by atoms with van der Waals surface area (Å²) in [6.45, 7) is 2.62. The summed E-state index contributed by atoms with van der Waals surface area (Å²) in [5.41, 5.74) is 0. The van der Waals surface area contributed by atoms with E-state index in [9.17, 15) is 4.79 Å². The molecule has 1 amide bonds. The largest absolute Gasteiger partial charge is 0.448 e. The third-order valence-electron chi connectivity index (χ3n) is 0.605. The van der Waals surface area contributed by atoms with Crippen molar-refractivity contribution in [1.29, 1.82) is 5.26 Å². The van der Waals surface area contributed by atoms with Gasteiger partial charge in [0, 0.05) is 6.92 Å². The van der Waals surface area contributed by atoms with Gasteiger partial charge in [0.1, 0.15) is 6.61 Å². The Kier molecular flexibility index (Phi) is 4.23. The molecule has 1 aliphatic rings. The van der Waals surface area contributed by atoms with Crippen LogP contribution in [0.25, 0.3) is 0 Å². The molecule has 1 aliphatic heterocycles. The molecule has 4 nitrogen and oxygen atoms in total. The molecule has 0 aromatic rings. The topological polar surface area (TPSA) is 62.1 Å². The highest BCUT2D eigenvalue weighted by atomic mass is 16.6. The number of ether oxygens (including phenoxy) is 1. The quantitative estimate of drug-likeness (QED) is 0.508. The van der Waals surface area contributed by atoms with Crippen LogP contribution < -0.4 is 5.32 Å². The van der Waals surface area contributed by atoms with Crippen molar-refractivity contribution in [2.24, 2.45) is 0 Å². The summed E-state index contributed by atoms with van der Waals surface area (Å²) in [7, 11) is 0. The fourth-order valence-electron chi connectivity index (χ4n) is 0.348. The lowest BCUT2D eigenvalue weighted by Gasteiger charge is -1.80. The minimum atomic E-state index is -0.296. The first-order valence-corrected chi connectivity index (χ1v) is 2.52. The van der Waals surface area contributed by atoms with Crippen LogP contribution in [-0.2, 0) is 4.74 Å². The zero-order valence-corrected chi connectivity index (χ0v) is 5.18. The molecule has 0 aromatic heterocycles. The summed E-state index contributed by atoms with van der Waals surface area (Å²) in [6.07, 6.45) is -0.296. The molecule has 50 valence electrons. The Morgan fingerprint density at radius 1 is 1.89 bits per heavy atom. The SMILES string of the molecule is CC#N.O=C1NCCO1. The van der Waals surface area contributed by atoms with E-state index >= 15 is 0 Å². The lowest BCUT2D eigenvalue weighted by Crippen LogP contribution is -2.11. The van der Waals surface area contributed by atoms with Crippen molar-refractivity contribution in [2.45, 2.75) is 6.92 Å². The summed E-state index contributed by atoms with van der Waals surface area (Å²) in [4.78, 5) is 9.91. The van der Waals surface area contributed by atoms with Crippen LogP contribution in [0, 0.1) is 11.3 Å². The van der Waals surface area contributed by atoms with Gasteiger partial charge in [0.15, 0.2) is 0 Å². The van der Waals surface area contributed by atoms with Crippen molar-refractivity contribution < 1.29 is 9.53 Å². The molecule has 9 heavy (non-hydrogen) atoms. The first-order chi connectivity index (χ1) is 4.31. The molecule has 0 spiro atoms. The molecule has 1 rings (SSSR count). The van der Waals surface area contributed by atoms with Gasteiger partial charge in [-0.3, -0.25) is 0 Å². The molecule has 0 radical (unpaired) electrons. The van der Waals surface area contributed by atoms with Crippen LogP contribution in [0.5, 0.6) is 0 Å². The van der Waals surface area contributed by atoms with Crippen molar-refractivity contribution >= 4 is 6.09 Å². The van der Waals surface area contributed by atoms with Gasteiger partial charge in [0.25, 0.3) is 0 Å². The number of nitrogens with zero attached hydrogens (tertiary/aromatic N) is 1. The Labute approximate surface area is 53.4 Å². The van der Waals surface area contributed by atoms with Gasteiger partial charge in [0.05, 0.1) is 12.6 Å². The van der Waals surface area contributed by atoms with E-state index in [1.807, 2.05) is 0 Å². The average Bonchev–Trinajstić information content (AvgIpc) is 2.20. The van der Waals surface area contributed by atoms with E-state index in [0.29, 0.717) is 13.2 Å². The van der Waals surface area contributed by atoms with E-state index in [0.717, 1.165) is 0 Å². The van der Waals surface area contributed by atoms with Gasteiger partial charge in [0.2, 0.25) is 0 Å². The first-order valence-electron chi connectivity index (χ1n) is 2.52. The van der Waals surface area contributed by atoms with Crippen LogP contribution >= 0.6 is 0 Å². The Hall–Kier alpha value is -1.24. The minimum absolute atomic E-state index is 0.296. The molecule has 4 heteroatoms. The number of carbonyl (C=O) groups is 1. The van der Waals surface area contributed by atoms with Crippen molar-refractivity contribution in [3.63, 3.8) is 0 Å². The lowest BCUT2D eigenvalue weighted by molar-refractivity contribution is 0.178. The van der Waals surface area contributed by atoms with Crippen LogP contribution in [0.2, 0.25) is 0 Å². The minimum Gasteiger partial charge on any atom is -0.448 e. The number of carbonyl (C=O) groups excluding carboxylic acids is 1. The fraction of sp³-hybridized carbons (Fsp3) is 0.600. The number of cyclic esters (lactones) is 1. The number of nitriles is 1. The zero-order chi connectivity index (χ0) is 7.11. The van der Waals surface area contributed by atoms with E-state index in [1.165, 1.54) is 6.92 Å². The second-order valence-electron chi connectivity index (χ2n) is 1.29. The molecule has 0 saturated carbocycles. The summed E-state index contributed by atoms with van der Waals surface area (Å²) in [5, 5.41) is 9.78. The van der Waals surface area contributed by atoms with E-state index in [2.05, 4.69) is 10.1 Å². The van der Waals surface area contributed by atoms with E-state index in [4.69, 9.17) is 5.26 Å². The molecular formula is C5H8N2O2. The Morgan fingerprint density at radius 3 is 2.56 bits per heavy atom. The van der Waals surface area contributed by atoms with Crippen molar-refractivity contribution in [1.82, 2.24) is 5.32 Å². The number of nitrogens with one attached hydrogen (secondary N) is 1. The van der Waals surface area contributed by atoms with E-state index < -0.39 is 0 Å². The predicted molar refractivity (Wildman–Crippen MR) is 30.6 cm³/mol. The molecule has 0 aliphatic carbocycles. The van der Waals surface area contributed by atoms with Gasteiger partial charge in [-0.15, -0.1) is 0 Å². The molecule has 1 saturated heterocycles. The molecule has 0 aromatic carbocycles. The molecule has 0 atom stereocenters. The maximum absolute atomic E-state index is 9.91. The molecule has 1 heterocycles. The Morgan fingerprint density at radius 2 is 2.44 bits per heavy atom. The summed E-state index contributed by atoms with van der Waals surface area (Å²) < 4.78 is 4.40.